The lowest BCUT2D eigenvalue weighted by Gasteiger charge is -2.33. The average Bonchev–Trinajstić information content (AvgIpc) is 2.78. The Kier molecular flexibility index (Phi) is 9.94. The number of rotatable bonds is 11. The van der Waals surface area contributed by atoms with E-state index in [0.717, 1.165) is 11.1 Å². The summed E-state index contributed by atoms with van der Waals surface area (Å²) < 4.78 is 16.8. The SMILES string of the molecule is COc1cc(CN(C(N)=S)C(COC(=O)C(C)(C)C)Cc2ccccc2)ccc1OCCN. The Bertz CT molecular complexity index is 916. The standard InChI is InChI=1S/C25H35N3O4S/c1-25(2,3)23(29)32-17-20(14-18-8-6-5-7-9-18)28(24(27)33)16-19-10-11-21(31-13-12-26)22(15-19)30-4/h5-11,15,20H,12-14,16-17,26H2,1-4H3,(H2,27,33). The molecule has 1 unspecified atom stereocenters. The van der Waals surface area contributed by atoms with Crippen LogP contribution >= 0.6 is 12.2 Å². The van der Waals surface area contributed by atoms with Crippen molar-refractivity contribution in [2.45, 2.75) is 39.8 Å². The minimum Gasteiger partial charge on any atom is -0.493 e. The number of esters is 1. The number of hydrogen-bond donors (Lipinski definition) is 2. The molecule has 0 heterocycles. The van der Waals surface area contributed by atoms with Gasteiger partial charge in [0.15, 0.2) is 16.6 Å². The fourth-order valence-electron chi connectivity index (χ4n) is 3.22. The third-order valence-electron chi connectivity index (χ3n) is 5.01. The van der Waals surface area contributed by atoms with Crippen molar-refractivity contribution in [3.05, 3.63) is 59.7 Å². The Morgan fingerprint density at radius 3 is 2.36 bits per heavy atom. The molecule has 0 aromatic heterocycles. The summed E-state index contributed by atoms with van der Waals surface area (Å²) in [7, 11) is 1.59. The Labute approximate surface area is 202 Å². The van der Waals surface area contributed by atoms with Crippen LogP contribution in [0.15, 0.2) is 48.5 Å². The number of thiocarbonyl (C=S) groups is 1. The van der Waals surface area contributed by atoms with Crippen molar-refractivity contribution in [2.24, 2.45) is 16.9 Å². The van der Waals surface area contributed by atoms with Gasteiger partial charge in [0.2, 0.25) is 0 Å². The first-order valence-electron chi connectivity index (χ1n) is 10.9. The van der Waals surface area contributed by atoms with Crippen molar-refractivity contribution in [3.8, 4) is 11.5 Å². The number of nitrogens with zero attached hydrogens (tertiary/aromatic N) is 1. The molecular formula is C25H35N3O4S. The fourth-order valence-corrected chi connectivity index (χ4v) is 3.43. The van der Waals surface area contributed by atoms with Crippen LogP contribution in [0.4, 0.5) is 0 Å². The third-order valence-corrected chi connectivity index (χ3v) is 5.25. The van der Waals surface area contributed by atoms with Crippen LogP contribution in [0.2, 0.25) is 0 Å². The highest BCUT2D eigenvalue weighted by atomic mass is 32.1. The van der Waals surface area contributed by atoms with Crippen LogP contribution in [0.5, 0.6) is 11.5 Å². The molecule has 8 heteroatoms. The van der Waals surface area contributed by atoms with E-state index >= 15 is 0 Å². The number of benzene rings is 2. The summed E-state index contributed by atoms with van der Waals surface area (Å²) in [5.74, 6) is 0.947. The molecule has 7 nitrogen and oxygen atoms in total. The Balaban J connectivity index is 2.28. The van der Waals surface area contributed by atoms with Gasteiger partial charge in [-0.05, 0) is 62.7 Å². The molecule has 2 aromatic rings. The topological polar surface area (TPSA) is 100 Å². The number of hydrogen-bond acceptors (Lipinski definition) is 6. The average molecular weight is 474 g/mol. The molecule has 0 fully saturated rings. The summed E-state index contributed by atoms with van der Waals surface area (Å²) in [6.45, 7) is 6.88. The van der Waals surface area contributed by atoms with E-state index in [4.69, 9.17) is 37.9 Å². The fraction of sp³-hybridized carbons (Fsp3) is 0.440. The van der Waals surface area contributed by atoms with Gasteiger partial charge in [-0.3, -0.25) is 4.79 Å². The maximum atomic E-state index is 12.4. The van der Waals surface area contributed by atoms with Crippen molar-refractivity contribution >= 4 is 23.3 Å². The maximum absolute atomic E-state index is 12.4. The molecule has 0 amide bonds. The predicted molar refractivity (Wildman–Crippen MR) is 134 cm³/mol. The number of nitrogens with two attached hydrogens (primary N) is 2. The van der Waals surface area contributed by atoms with Crippen molar-refractivity contribution < 1.29 is 19.0 Å². The Hall–Kier alpha value is -2.84. The molecule has 0 saturated heterocycles. The molecule has 180 valence electrons. The van der Waals surface area contributed by atoms with Gasteiger partial charge in [0.05, 0.1) is 18.6 Å². The van der Waals surface area contributed by atoms with Gasteiger partial charge >= 0.3 is 5.97 Å². The minimum atomic E-state index is -0.599. The zero-order valence-electron chi connectivity index (χ0n) is 19.9. The molecular weight excluding hydrogens is 438 g/mol. The van der Waals surface area contributed by atoms with E-state index < -0.39 is 5.41 Å². The summed E-state index contributed by atoms with van der Waals surface area (Å²) >= 11 is 5.40. The second-order valence-corrected chi connectivity index (χ2v) is 9.20. The van der Waals surface area contributed by atoms with Gasteiger partial charge in [0, 0.05) is 13.1 Å². The lowest BCUT2D eigenvalue weighted by molar-refractivity contribution is -0.154. The number of ether oxygens (including phenoxy) is 3. The second kappa shape index (κ2) is 12.4. The van der Waals surface area contributed by atoms with E-state index in [1.165, 1.54) is 0 Å². The Morgan fingerprint density at radius 1 is 1.09 bits per heavy atom. The largest absolute Gasteiger partial charge is 0.493 e. The van der Waals surface area contributed by atoms with Crippen LogP contribution in [0.25, 0.3) is 0 Å². The third kappa shape index (κ3) is 8.22. The van der Waals surface area contributed by atoms with Crippen LogP contribution in [0.1, 0.15) is 31.9 Å². The van der Waals surface area contributed by atoms with E-state index in [9.17, 15) is 4.79 Å². The second-order valence-electron chi connectivity index (χ2n) is 8.78. The van der Waals surface area contributed by atoms with Crippen molar-refractivity contribution in [1.29, 1.82) is 0 Å². The molecule has 4 N–H and O–H groups in total. The number of carbonyl (C=O) groups is 1. The van der Waals surface area contributed by atoms with Gasteiger partial charge in [0.1, 0.15) is 13.2 Å². The molecule has 0 saturated carbocycles. The van der Waals surface area contributed by atoms with Gasteiger partial charge in [-0.25, -0.2) is 0 Å². The van der Waals surface area contributed by atoms with E-state index in [-0.39, 0.29) is 23.7 Å². The predicted octanol–water partition coefficient (Wildman–Crippen LogP) is 3.28. The molecule has 1 atom stereocenters. The van der Waals surface area contributed by atoms with Crippen molar-refractivity contribution in [2.75, 3.05) is 26.9 Å². The van der Waals surface area contributed by atoms with Gasteiger partial charge in [0.25, 0.3) is 0 Å². The number of carbonyl (C=O) groups excluding carboxylic acids is 1. The molecule has 0 spiro atoms. The van der Waals surface area contributed by atoms with Crippen molar-refractivity contribution in [1.82, 2.24) is 4.90 Å². The van der Waals surface area contributed by atoms with Crippen molar-refractivity contribution in [3.63, 3.8) is 0 Å². The first-order chi connectivity index (χ1) is 15.7. The van der Waals surface area contributed by atoms with E-state index in [1.807, 2.05) is 74.2 Å². The molecule has 2 rings (SSSR count). The first kappa shape index (κ1) is 26.4. The molecule has 0 bridgehead atoms. The van der Waals surface area contributed by atoms with Gasteiger partial charge in [-0.15, -0.1) is 0 Å². The molecule has 0 aliphatic heterocycles. The molecule has 0 aliphatic carbocycles. The lowest BCUT2D eigenvalue weighted by Crippen LogP contribution is -2.47. The summed E-state index contributed by atoms with van der Waals surface area (Å²) in [5, 5.41) is 0.227. The molecule has 33 heavy (non-hydrogen) atoms. The van der Waals surface area contributed by atoms with Crippen LogP contribution in [-0.2, 0) is 22.5 Å². The summed E-state index contributed by atoms with van der Waals surface area (Å²) in [6.07, 6.45) is 0.616. The Morgan fingerprint density at radius 2 is 1.79 bits per heavy atom. The lowest BCUT2D eigenvalue weighted by atomic mass is 9.97. The normalized spacial score (nSPS) is 12.0. The highest BCUT2D eigenvalue weighted by Crippen LogP contribution is 2.29. The summed E-state index contributed by atoms with van der Waals surface area (Å²) in [6, 6.07) is 15.4. The molecule has 0 radical (unpaired) electrons. The monoisotopic (exact) mass is 473 g/mol. The number of methoxy groups -OCH3 is 1. The summed E-state index contributed by atoms with van der Waals surface area (Å²) in [4.78, 5) is 14.3. The molecule has 2 aromatic carbocycles. The van der Waals surface area contributed by atoms with E-state index in [1.54, 1.807) is 7.11 Å². The highest BCUT2D eigenvalue weighted by molar-refractivity contribution is 7.80. The first-order valence-corrected chi connectivity index (χ1v) is 11.3. The smallest absolute Gasteiger partial charge is 0.311 e. The van der Waals surface area contributed by atoms with Gasteiger partial charge in [-0.1, -0.05) is 36.4 Å². The highest BCUT2D eigenvalue weighted by Gasteiger charge is 2.27. The maximum Gasteiger partial charge on any atom is 0.311 e. The quantitative estimate of drug-likeness (QED) is 0.379. The minimum absolute atomic E-state index is 0.164. The molecule has 0 aliphatic rings. The zero-order valence-corrected chi connectivity index (χ0v) is 20.7. The van der Waals surface area contributed by atoms with E-state index in [2.05, 4.69) is 0 Å². The van der Waals surface area contributed by atoms with Gasteiger partial charge in [-0.2, -0.15) is 0 Å². The zero-order chi connectivity index (χ0) is 24.4. The summed E-state index contributed by atoms with van der Waals surface area (Å²) in [5.41, 5.74) is 13.1. The van der Waals surface area contributed by atoms with Crippen LogP contribution in [0.3, 0.4) is 0 Å². The van der Waals surface area contributed by atoms with Crippen LogP contribution in [0, 0.1) is 5.41 Å². The van der Waals surface area contributed by atoms with E-state index in [0.29, 0.717) is 37.6 Å². The van der Waals surface area contributed by atoms with Crippen LogP contribution < -0.4 is 20.9 Å². The van der Waals surface area contributed by atoms with Gasteiger partial charge < -0.3 is 30.6 Å². The van der Waals surface area contributed by atoms with Crippen LogP contribution in [-0.4, -0.2) is 48.9 Å².